The van der Waals surface area contributed by atoms with Crippen LogP contribution in [0.25, 0.3) is 0 Å². The minimum atomic E-state index is -4.87. The van der Waals surface area contributed by atoms with Gasteiger partial charge in [0, 0.05) is 11.1 Å². The number of nitro groups is 1. The lowest BCUT2D eigenvalue weighted by Gasteiger charge is -2.10. The lowest BCUT2D eigenvalue weighted by atomic mass is 10.1. The Morgan fingerprint density at radius 3 is 2.19 bits per heavy atom. The summed E-state index contributed by atoms with van der Waals surface area (Å²) in [6, 6.07) is 5.77. The van der Waals surface area contributed by atoms with Crippen molar-refractivity contribution in [2.75, 3.05) is 0 Å². The van der Waals surface area contributed by atoms with Gasteiger partial charge in [-0.3, -0.25) is 14.9 Å². The van der Waals surface area contributed by atoms with Crippen molar-refractivity contribution in [2.45, 2.75) is 11.1 Å². The topological polar surface area (TPSA) is 106 Å². The standard InChI is InChI=1S/C14H8ClF3N2O5S/c15-9-2-4-10(5-3-9)26(24,25)19-13(21)11-6-1-8(14(16,17)18)7-12(11)20(22)23/h1-7H,(H,19,21). The number of nitrogens with one attached hydrogen (secondary N) is 1. The number of rotatable bonds is 4. The molecule has 0 radical (unpaired) electrons. The summed E-state index contributed by atoms with van der Waals surface area (Å²) in [5.74, 6) is -1.44. The molecule has 0 fully saturated rings. The highest BCUT2D eigenvalue weighted by atomic mass is 35.5. The fraction of sp³-hybridized carbons (Fsp3) is 0.0714. The van der Waals surface area contributed by atoms with Gasteiger partial charge in [0.15, 0.2) is 0 Å². The number of alkyl halides is 3. The second-order valence-corrected chi connectivity index (χ2v) is 6.99. The van der Waals surface area contributed by atoms with E-state index in [-0.39, 0.29) is 16.0 Å². The van der Waals surface area contributed by atoms with Gasteiger partial charge in [-0.2, -0.15) is 13.2 Å². The average Bonchev–Trinajstić information content (AvgIpc) is 2.53. The summed E-state index contributed by atoms with van der Waals surface area (Å²) in [6.07, 6.45) is -4.87. The second-order valence-electron chi connectivity index (χ2n) is 4.88. The van der Waals surface area contributed by atoms with Crippen LogP contribution < -0.4 is 4.72 Å². The molecule has 0 unspecified atom stereocenters. The molecule has 0 heterocycles. The second kappa shape index (κ2) is 6.92. The van der Waals surface area contributed by atoms with Gasteiger partial charge in [0.1, 0.15) is 5.56 Å². The average molecular weight is 409 g/mol. The van der Waals surface area contributed by atoms with Crippen LogP contribution in [0.5, 0.6) is 0 Å². The van der Waals surface area contributed by atoms with Crippen LogP contribution >= 0.6 is 11.6 Å². The molecule has 0 aliphatic carbocycles. The molecule has 0 bridgehead atoms. The van der Waals surface area contributed by atoms with Crippen molar-refractivity contribution in [1.82, 2.24) is 4.72 Å². The molecule has 12 heteroatoms. The summed E-state index contributed by atoms with van der Waals surface area (Å²) in [4.78, 5) is 21.5. The van der Waals surface area contributed by atoms with Gasteiger partial charge in [-0.25, -0.2) is 13.1 Å². The quantitative estimate of drug-likeness (QED) is 0.616. The molecular formula is C14H8ClF3N2O5S. The van der Waals surface area contributed by atoms with Crippen LogP contribution in [0.15, 0.2) is 47.4 Å². The minimum absolute atomic E-state index is 0.157. The number of nitrogens with zero attached hydrogens (tertiary/aromatic N) is 1. The van der Waals surface area contributed by atoms with Gasteiger partial charge in [0.2, 0.25) is 0 Å². The van der Waals surface area contributed by atoms with Gasteiger partial charge >= 0.3 is 6.18 Å². The maximum Gasteiger partial charge on any atom is 0.416 e. The van der Waals surface area contributed by atoms with Crippen molar-refractivity contribution in [3.63, 3.8) is 0 Å². The summed E-state index contributed by atoms with van der Waals surface area (Å²) in [5, 5.41) is 11.2. The van der Waals surface area contributed by atoms with E-state index in [0.717, 1.165) is 12.1 Å². The van der Waals surface area contributed by atoms with Gasteiger partial charge in [0.25, 0.3) is 21.6 Å². The molecule has 2 aromatic rings. The Hall–Kier alpha value is -2.66. The Morgan fingerprint density at radius 1 is 1.12 bits per heavy atom. The van der Waals surface area contributed by atoms with E-state index in [1.165, 1.54) is 12.1 Å². The predicted octanol–water partition coefficient (Wildman–Crippen LogP) is 3.39. The molecule has 0 spiro atoms. The van der Waals surface area contributed by atoms with Crippen LogP contribution in [0.4, 0.5) is 18.9 Å². The number of hydrogen-bond acceptors (Lipinski definition) is 5. The third kappa shape index (κ3) is 4.29. The Balaban J connectivity index is 2.40. The highest BCUT2D eigenvalue weighted by molar-refractivity contribution is 7.90. The molecule has 0 aromatic heterocycles. The number of sulfonamides is 1. The van der Waals surface area contributed by atoms with E-state index >= 15 is 0 Å². The first-order valence-electron chi connectivity index (χ1n) is 6.60. The number of benzene rings is 2. The summed E-state index contributed by atoms with van der Waals surface area (Å²) >= 11 is 5.62. The van der Waals surface area contributed by atoms with Gasteiger partial charge in [0.05, 0.1) is 15.4 Å². The Morgan fingerprint density at radius 2 is 1.69 bits per heavy atom. The van der Waals surface area contributed by atoms with Crippen LogP contribution in [0, 0.1) is 10.1 Å². The lowest BCUT2D eigenvalue weighted by molar-refractivity contribution is -0.385. The van der Waals surface area contributed by atoms with E-state index < -0.39 is 43.8 Å². The maximum absolute atomic E-state index is 12.7. The Bertz CT molecular complexity index is 975. The van der Waals surface area contributed by atoms with E-state index in [1.807, 2.05) is 0 Å². The van der Waals surface area contributed by atoms with Crippen LogP contribution in [-0.2, 0) is 16.2 Å². The van der Waals surface area contributed by atoms with Gasteiger partial charge in [-0.15, -0.1) is 0 Å². The first kappa shape index (κ1) is 19.7. The highest BCUT2D eigenvalue weighted by Gasteiger charge is 2.34. The smallest absolute Gasteiger partial charge is 0.268 e. The minimum Gasteiger partial charge on any atom is -0.268 e. The van der Waals surface area contributed by atoms with Crippen LogP contribution in [0.1, 0.15) is 15.9 Å². The number of hydrogen-bond donors (Lipinski definition) is 1. The third-order valence-corrected chi connectivity index (χ3v) is 4.72. The molecule has 1 N–H and O–H groups in total. The van der Waals surface area contributed by atoms with E-state index in [1.54, 1.807) is 4.72 Å². The van der Waals surface area contributed by atoms with E-state index in [4.69, 9.17) is 11.6 Å². The summed E-state index contributed by atoms with van der Waals surface area (Å²) < 4.78 is 63.8. The number of nitro benzene ring substituents is 1. The number of carbonyl (C=O) groups excluding carboxylic acids is 1. The molecule has 0 aliphatic heterocycles. The molecule has 138 valence electrons. The molecule has 1 amide bonds. The van der Waals surface area contributed by atoms with E-state index in [0.29, 0.717) is 12.1 Å². The molecule has 26 heavy (non-hydrogen) atoms. The molecular weight excluding hydrogens is 401 g/mol. The van der Waals surface area contributed by atoms with Crippen molar-refractivity contribution in [3.05, 3.63) is 68.7 Å². The van der Waals surface area contributed by atoms with Gasteiger partial charge < -0.3 is 0 Å². The largest absolute Gasteiger partial charge is 0.416 e. The summed E-state index contributed by atoms with van der Waals surface area (Å²) in [5.41, 5.74) is -3.36. The monoisotopic (exact) mass is 408 g/mol. The highest BCUT2D eigenvalue weighted by Crippen LogP contribution is 2.33. The molecule has 0 saturated heterocycles. The molecule has 0 saturated carbocycles. The van der Waals surface area contributed by atoms with Gasteiger partial charge in [-0.05, 0) is 36.4 Å². The van der Waals surface area contributed by atoms with Crippen LogP contribution in [-0.4, -0.2) is 19.2 Å². The molecule has 2 rings (SSSR count). The van der Waals surface area contributed by atoms with Crippen molar-refractivity contribution in [3.8, 4) is 0 Å². The zero-order valence-corrected chi connectivity index (χ0v) is 14.0. The first-order chi connectivity index (χ1) is 11.9. The summed E-state index contributed by atoms with van der Waals surface area (Å²) in [6.45, 7) is 0. The maximum atomic E-state index is 12.7. The SMILES string of the molecule is O=C(NS(=O)(=O)c1ccc(Cl)cc1)c1ccc(C(F)(F)F)cc1[N+](=O)[O-]. The molecule has 7 nitrogen and oxygen atoms in total. The number of halogens is 4. The predicted molar refractivity (Wildman–Crippen MR) is 84.2 cm³/mol. The van der Waals surface area contributed by atoms with Crippen molar-refractivity contribution in [2.24, 2.45) is 0 Å². The zero-order valence-electron chi connectivity index (χ0n) is 12.5. The van der Waals surface area contributed by atoms with E-state index in [9.17, 15) is 36.5 Å². The Labute approximate surface area is 149 Å². The van der Waals surface area contributed by atoms with Crippen molar-refractivity contribution < 1.29 is 31.3 Å². The normalized spacial score (nSPS) is 11.8. The molecule has 2 aromatic carbocycles. The Kier molecular flexibility index (Phi) is 5.23. The summed E-state index contributed by atoms with van der Waals surface area (Å²) in [7, 11) is -4.41. The number of carbonyl (C=O) groups is 1. The van der Waals surface area contributed by atoms with Crippen molar-refractivity contribution >= 4 is 33.2 Å². The molecule has 0 atom stereocenters. The van der Waals surface area contributed by atoms with Crippen LogP contribution in [0.2, 0.25) is 5.02 Å². The third-order valence-electron chi connectivity index (χ3n) is 3.12. The lowest BCUT2D eigenvalue weighted by Crippen LogP contribution is -2.31. The number of amides is 1. The van der Waals surface area contributed by atoms with E-state index in [2.05, 4.69) is 0 Å². The first-order valence-corrected chi connectivity index (χ1v) is 8.46. The van der Waals surface area contributed by atoms with Crippen molar-refractivity contribution in [1.29, 1.82) is 0 Å². The molecule has 0 aliphatic rings. The fourth-order valence-corrected chi connectivity index (χ4v) is 2.99. The zero-order chi connectivity index (χ0) is 19.7. The fourth-order valence-electron chi connectivity index (χ4n) is 1.90. The van der Waals surface area contributed by atoms with Gasteiger partial charge in [-0.1, -0.05) is 11.6 Å². The van der Waals surface area contributed by atoms with Crippen LogP contribution in [0.3, 0.4) is 0 Å².